The number of aromatic nitrogens is 2. The lowest BCUT2D eigenvalue weighted by Crippen LogP contribution is -2.29. The Labute approximate surface area is 180 Å². The Morgan fingerprint density at radius 3 is 2.41 bits per heavy atom. The van der Waals surface area contributed by atoms with Gasteiger partial charge in [-0.2, -0.15) is 0 Å². The Morgan fingerprint density at radius 2 is 1.79 bits per heavy atom. The van der Waals surface area contributed by atoms with Crippen LogP contribution in [0.1, 0.15) is 22.2 Å². The number of aliphatic hydroxyl groups is 1. The highest BCUT2D eigenvalue weighted by Gasteiger charge is 2.48. The molecule has 1 aromatic heterocycles. The molecule has 1 saturated heterocycles. The third-order valence-electron chi connectivity index (χ3n) is 4.47. The van der Waals surface area contributed by atoms with Crippen LogP contribution in [0.2, 0.25) is 10.0 Å². The van der Waals surface area contributed by atoms with Crippen molar-refractivity contribution in [3.63, 3.8) is 0 Å². The zero-order valence-electron chi connectivity index (χ0n) is 15.0. The van der Waals surface area contributed by atoms with E-state index in [1.807, 2.05) is 0 Å². The second-order valence-corrected chi connectivity index (χ2v) is 8.29. The average Bonchev–Trinajstić information content (AvgIpc) is 3.25. The van der Waals surface area contributed by atoms with Gasteiger partial charge >= 0.3 is 5.91 Å². The van der Waals surface area contributed by atoms with Crippen molar-refractivity contribution in [1.82, 2.24) is 10.2 Å². The molecular weight excluding hydrogens is 433 g/mol. The number of carbonyl (C=O) groups excluding carboxylic acids is 2. The maximum Gasteiger partial charge on any atom is 0.301 e. The second kappa shape index (κ2) is 7.59. The highest BCUT2D eigenvalue weighted by Crippen LogP contribution is 2.43. The zero-order chi connectivity index (χ0) is 20.7. The number of hydrogen-bond acceptors (Lipinski definition) is 6. The smallest absolute Gasteiger partial charge is 0.301 e. The van der Waals surface area contributed by atoms with Crippen molar-refractivity contribution in [2.45, 2.75) is 13.0 Å². The number of carbonyl (C=O) groups is 2. The van der Waals surface area contributed by atoms with Crippen LogP contribution in [0, 0.1) is 6.92 Å². The molecule has 2 aromatic carbocycles. The minimum atomic E-state index is -0.919. The molecule has 2 heterocycles. The standard InChI is InChI=1S/C20H13Cl2N3O3S/c1-10-23-24-20(29-10)25-16(12-7-8-13(21)14(22)9-12)15(18(27)19(25)28)17(26)11-5-3-2-4-6-11/h2-9,16,26H,1H3/t16-/m1/s1. The van der Waals surface area contributed by atoms with E-state index in [1.54, 1.807) is 55.5 Å². The largest absolute Gasteiger partial charge is 0.507 e. The molecule has 0 unspecified atom stereocenters. The molecule has 1 fully saturated rings. The number of rotatable bonds is 3. The number of Topliss-reactive ketones (excluding diaryl/α,β-unsaturated/α-hetero) is 1. The minimum absolute atomic E-state index is 0.0487. The van der Waals surface area contributed by atoms with Crippen molar-refractivity contribution >= 4 is 57.1 Å². The normalized spacial score (nSPS) is 18.4. The molecule has 1 amide bonds. The number of aryl methyl sites for hydroxylation is 1. The minimum Gasteiger partial charge on any atom is -0.507 e. The molecule has 1 atom stereocenters. The summed E-state index contributed by atoms with van der Waals surface area (Å²) in [7, 11) is 0. The van der Waals surface area contributed by atoms with E-state index in [1.165, 1.54) is 16.2 Å². The molecule has 0 aliphatic carbocycles. The predicted molar refractivity (Wildman–Crippen MR) is 112 cm³/mol. The van der Waals surface area contributed by atoms with Gasteiger partial charge in [-0.1, -0.05) is 70.9 Å². The zero-order valence-corrected chi connectivity index (χ0v) is 17.3. The Hall–Kier alpha value is -2.74. The fourth-order valence-corrected chi connectivity index (χ4v) is 4.18. The van der Waals surface area contributed by atoms with Gasteiger partial charge in [-0.25, -0.2) is 0 Å². The third-order valence-corrected chi connectivity index (χ3v) is 6.05. The van der Waals surface area contributed by atoms with Crippen molar-refractivity contribution in [1.29, 1.82) is 0 Å². The van der Waals surface area contributed by atoms with Crippen LogP contribution in [-0.4, -0.2) is 27.0 Å². The summed E-state index contributed by atoms with van der Waals surface area (Å²) < 4.78 is 0. The van der Waals surface area contributed by atoms with E-state index in [2.05, 4.69) is 10.2 Å². The van der Waals surface area contributed by atoms with Gasteiger partial charge in [0.15, 0.2) is 0 Å². The molecule has 6 nitrogen and oxygen atoms in total. The van der Waals surface area contributed by atoms with Crippen LogP contribution in [-0.2, 0) is 9.59 Å². The summed E-state index contributed by atoms with van der Waals surface area (Å²) in [6, 6.07) is 12.4. The number of amides is 1. The van der Waals surface area contributed by atoms with Crippen LogP contribution in [0.15, 0.2) is 54.1 Å². The molecular formula is C20H13Cl2N3O3S. The topological polar surface area (TPSA) is 83.4 Å². The predicted octanol–water partition coefficient (Wildman–Crippen LogP) is 4.78. The Balaban J connectivity index is 1.97. The van der Waals surface area contributed by atoms with E-state index in [0.29, 0.717) is 21.2 Å². The van der Waals surface area contributed by atoms with Gasteiger partial charge < -0.3 is 5.11 Å². The number of hydrogen-bond donors (Lipinski definition) is 1. The average molecular weight is 446 g/mol. The lowest BCUT2D eigenvalue weighted by molar-refractivity contribution is -0.132. The lowest BCUT2D eigenvalue weighted by atomic mass is 9.95. The van der Waals surface area contributed by atoms with Crippen molar-refractivity contribution in [3.05, 3.63) is 80.3 Å². The maximum atomic E-state index is 12.9. The molecule has 9 heteroatoms. The van der Waals surface area contributed by atoms with E-state index in [0.717, 1.165) is 0 Å². The number of nitrogens with zero attached hydrogens (tertiary/aromatic N) is 3. The fraction of sp³-hybridized carbons (Fsp3) is 0.100. The molecule has 4 rings (SSSR count). The van der Waals surface area contributed by atoms with Crippen LogP contribution in [0.4, 0.5) is 5.13 Å². The molecule has 0 radical (unpaired) electrons. The summed E-state index contributed by atoms with van der Waals surface area (Å²) in [5.41, 5.74) is 0.889. The Bertz CT molecular complexity index is 1160. The molecule has 0 bridgehead atoms. The van der Waals surface area contributed by atoms with Gasteiger partial charge in [0.1, 0.15) is 10.8 Å². The number of aliphatic hydroxyl groups excluding tert-OH is 1. The molecule has 1 aliphatic rings. The second-order valence-electron chi connectivity index (χ2n) is 6.31. The van der Waals surface area contributed by atoms with Gasteiger partial charge in [0.05, 0.1) is 21.7 Å². The monoisotopic (exact) mass is 445 g/mol. The van der Waals surface area contributed by atoms with Crippen molar-refractivity contribution < 1.29 is 14.7 Å². The van der Waals surface area contributed by atoms with Gasteiger partial charge in [-0.15, -0.1) is 10.2 Å². The number of ketones is 1. The van der Waals surface area contributed by atoms with E-state index >= 15 is 0 Å². The maximum absolute atomic E-state index is 12.9. The first-order valence-electron chi connectivity index (χ1n) is 8.50. The summed E-state index contributed by atoms with van der Waals surface area (Å²) in [5.74, 6) is -1.88. The molecule has 146 valence electrons. The van der Waals surface area contributed by atoms with Crippen LogP contribution in [0.5, 0.6) is 0 Å². The summed E-state index contributed by atoms with van der Waals surface area (Å²) in [4.78, 5) is 27.1. The summed E-state index contributed by atoms with van der Waals surface area (Å²) in [5, 5.41) is 20.4. The van der Waals surface area contributed by atoms with E-state index < -0.39 is 17.7 Å². The molecule has 3 aromatic rings. The van der Waals surface area contributed by atoms with Crippen molar-refractivity contribution in [2.75, 3.05) is 4.90 Å². The Kier molecular flexibility index (Phi) is 5.12. The first-order valence-corrected chi connectivity index (χ1v) is 10.1. The van der Waals surface area contributed by atoms with Crippen molar-refractivity contribution in [3.8, 4) is 0 Å². The van der Waals surface area contributed by atoms with E-state index in [-0.39, 0.29) is 21.5 Å². The SMILES string of the molecule is Cc1nnc(N2C(=O)C(=O)C(=C(O)c3ccccc3)[C@H]2c2ccc(Cl)c(Cl)c2)s1. The number of benzene rings is 2. The quantitative estimate of drug-likeness (QED) is 0.356. The lowest BCUT2D eigenvalue weighted by Gasteiger charge is -2.22. The van der Waals surface area contributed by atoms with Crippen LogP contribution < -0.4 is 4.90 Å². The molecule has 29 heavy (non-hydrogen) atoms. The highest BCUT2D eigenvalue weighted by molar-refractivity contribution is 7.15. The van der Waals surface area contributed by atoms with Gasteiger partial charge in [0.25, 0.3) is 5.78 Å². The van der Waals surface area contributed by atoms with E-state index in [9.17, 15) is 14.7 Å². The van der Waals surface area contributed by atoms with Gasteiger partial charge in [0, 0.05) is 5.56 Å². The number of halogens is 2. The molecule has 0 spiro atoms. The van der Waals surface area contributed by atoms with Crippen LogP contribution in [0.3, 0.4) is 0 Å². The first kappa shape index (κ1) is 19.6. The summed E-state index contributed by atoms with van der Waals surface area (Å²) in [6.07, 6.45) is 0. The molecule has 1 N–H and O–H groups in total. The van der Waals surface area contributed by atoms with Crippen molar-refractivity contribution in [2.24, 2.45) is 0 Å². The van der Waals surface area contributed by atoms with Crippen LogP contribution >= 0.6 is 34.5 Å². The summed E-state index contributed by atoms with van der Waals surface area (Å²) >= 11 is 13.4. The highest BCUT2D eigenvalue weighted by atomic mass is 35.5. The third kappa shape index (κ3) is 3.42. The van der Waals surface area contributed by atoms with E-state index in [4.69, 9.17) is 23.2 Å². The molecule has 1 aliphatic heterocycles. The first-order chi connectivity index (χ1) is 13.9. The number of anilines is 1. The van der Waals surface area contributed by atoms with Gasteiger partial charge in [-0.3, -0.25) is 14.5 Å². The van der Waals surface area contributed by atoms with Gasteiger partial charge in [0.2, 0.25) is 5.13 Å². The van der Waals surface area contributed by atoms with Gasteiger partial charge in [-0.05, 0) is 24.6 Å². The summed E-state index contributed by atoms with van der Waals surface area (Å²) in [6.45, 7) is 1.75. The van der Waals surface area contributed by atoms with Crippen LogP contribution in [0.25, 0.3) is 5.76 Å². The Morgan fingerprint density at radius 1 is 1.07 bits per heavy atom. The molecule has 0 saturated carbocycles. The fourth-order valence-electron chi connectivity index (χ4n) is 3.16.